The van der Waals surface area contributed by atoms with E-state index in [2.05, 4.69) is 10.1 Å². The van der Waals surface area contributed by atoms with Crippen molar-refractivity contribution in [2.45, 2.75) is 26.3 Å². The lowest BCUT2D eigenvalue weighted by molar-refractivity contribution is -0.274. The number of halogens is 3. The van der Waals surface area contributed by atoms with Gasteiger partial charge >= 0.3 is 6.36 Å². The van der Waals surface area contributed by atoms with Gasteiger partial charge in [0, 0.05) is 17.5 Å². The normalized spacial score (nSPS) is 13.8. The fraction of sp³-hybridized carbons (Fsp3) is 0.500. The highest BCUT2D eigenvalue weighted by Gasteiger charge is 2.30. The van der Waals surface area contributed by atoms with Crippen LogP contribution in [0.4, 0.5) is 18.9 Å². The predicted molar refractivity (Wildman–Crippen MR) is 70.5 cm³/mol. The second-order valence-corrected chi connectivity index (χ2v) is 6.71. The van der Waals surface area contributed by atoms with Crippen LogP contribution in [0.5, 0.6) is 5.75 Å². The van der Waals surface area contributed by atoms with Gasteiger partial charge in [0.15, 0.2) is 9.84 Å². The van der Waals surface area contributed by atoms with Crippen molar-refractivity contribution in [2.24, 2.45) is 0 Å². The summed E-state index contributed by atoms with van der Waals surface area (Å²) in [5.74, 6) is -0.307. The van der Waals surface area contributed by atoms with Gasteiger partial charge in [-0.3, -0.25) is 0 Å². The molecule has 20 heavy (non-hydrogen) atoms. The first-order valence-electron chi connectivity index (χ1n) is 5.94. The Labute approximate surface area is 115 Å². The Morgan fingerprint density at radius 2 is 1.80 bits per heavy atom. The van der Waals surface area contributed by atoms with Gasteiger partial charge in [-0.05, 0) is 31.2 Å². The lowest BCUT2D eigenvalue weighted by Crippen LogP contribution is -2.26. The van der Waals surface area contributed by atoms with E-state index in [1.807, 2.05) is 0 Å². The molecule has 1 aromatic carbocycles. The van der Waals surface area contributed by atoms with Gasteiger partial charge in [-0.15, -0.1) is 13.2 Å². The summed E-state index contributed by atoms with van der Waals surface area (Å²) in [5.41, 5.74) is 0.526. The van der Waals surface area contributed by atoms with Crippen molar-refractivity contribution in [2.75, 3.05) is 16.8 Å². The number of benzene rings is 1. The van der Waals surface area contributed by atoms with Gasteiger partial charge in [-0.25, -0.2) is 8.42 Å². The number of rotatable bonds is 6. The molecule has 0 bridgehead atoms. The Balaban J connectivity index is 2.62. The molecular weight excluding hydrogens is 295 g/mol. The van der Waals surface area contributed by atoms with Gasteiger partial charge in [0.25, 0.3) is 0 Å². The summed E-state index contributed by atoms with van der Waals surface area (Å²) in [6, 6.07) is 4.79. The third-order valence-electron chi connectivity index (χ3n) is 2.44. The SMILES string of the molecule is CCS(=O)(=O)CC(C)Nc1ccc(OC(F)(F)F)cc1. The smallest absolute Gasteiger partial charge is 0.406 e. The fourth-order valence-electron chi connectivity index (χ4n) is 1.58. The summed E-state index contributed by atoms with van der Waals surface area (Å²) in [5, 5.41) is 2.91. The van der Waals surface area contributed by atoms with E-state index in [-0.39, 0.29) is 23.3 Å². The second-order valence-electron chi connectivity index (χ2n) is 4.32. The van der Waals surface area contributed by atoms with Crippen molar-refractivity contribution >= 4 is 15.5 Å². The molecule has 1 aromatic rings. The highest BCUT2D eigenvalue weighted by atomic mass is 32.2. The molecule has 0 radical (unpaired) electrons. The average molecular weight is 311 g/mol. The summed E-state index contributed by atoms with van der Waals surface area (Å²) in [4.78, 5) is 0. The van der Waals surface area contributed by atoms with Gasteiger partial charge in [0.2, 0.25) is 0 Å². The minimum Gasteiger partial charge on any atom is -0.406 e. The number of alkyl halides is 3. The molecule has 0 aromatic heterocycles. The highest BCUT2D eigenvalue weighted by molar-refractivity contribution is 7.91. The van der Waals surface area contributed by atoms with E-state index in [0.717, 1.165) is 12.1 Å². The molecule has 1 N–H and O–H groups in total. The first-order chi connectivity index (χ1) is 9.11. The molecule has 0 saturated heterocycles. The number of sulfone groups is 1. The first kappa shape index (κ1) is 16.6. The van der Waals surface area contributed by atoms with Crippen molar-refractivity contribution in [1.82, 2.24) is 0 Å². The van der Waals surface area contributed by atoms with E-state index >= 15 is 0 Å². The Hall–Kier alpha value is -1.44. The van der Waals surface area contributed by atoms with Gasteiger partial charge in [-0.2, -0.15) is 0 Å². The summed E-state index contributed by atoms with van der Waals surface area (Å²) in [6.45, 7) is 3.25. The molecule has 0 aliphatic heterocycles. The second kappa shape index (κ2) is 6.34. The van der Waals surface area contributed by atoms with Crippen molar-refractivity contribution in [1.29, 1.82) is 0 Å². The molecule has 1 unspecified atom stereocenters. The van der Waals surface area contributed by atoms with E-state index < -0.39 is 16.2 Å². The van der Waals surface area contributed by atoms with Crippen LogP contribution >= 0.6 is 0 Å². The molecule has 0 aliphatic carbocycles. The van der Waals surface area contributed by atoms with Gasteiger partial charge < -0.3 is 10.1 Å². The van der Waals surface area contributed by atoms with Crippen LogP contribution in [0.1, 0.15) is 13.8 Å². The quantitative estimate of drug-likeness (QED) is 0.878. The van der Waals surface area contributed by atoms with Crippen LogP contribution in [0.15, 0.2) is 24.3 Å². The Morgan fingerprint density at radius 3 is 2.25 bits per heavy atom. The summed E-state index contributed by atoms with van der Waals surface area (Å²) < 4.78 is 62.5. The van der Waals surface area contributed by atoms with Crippen LogP contribution in [-0.2, 0) is 9.84 Å². The molecule has 0 fully saturated rings. The fourth-order valence-corrected chi connectivity index (χ4v) is 2.66. The number of nitrogens with one attached hydrogen (secondary N) is 1. The third kappa shape index (κ3) is 6.14. The number of anilines is 1. The average Bonchev–Trinajstić information content (AvgIpc) is 2.29. The zero-order valence-corrected chi connectivity index (χ0v) is 11.9. The van der Waals surface area contributed by atoms with E-state index in [0.29, 0.717) is 5.69 Å². The van der Waals surface area contributed by atoms with Crippen LogP contribution in [0.2, 0.25) is 0 Å². The molecule has 1 atom stereocenters. The van der Waals surface area contributed by atoms with E-state index in [4.69, 9.17) is 0 Å². The lowest BCUT2D eigenvalue weighted by atomic mass is 10.2. The largest absolute Gasteiger partial charge is 0.573 e. The summed E-state index contributed by atoms with van der Waals surface area (Å²) in [6.07, 6.45) is -4.72. The molecule has 4 nitrogen and oxygen atoms in total. The predicted octanol–water partition coefficient (Wildman–Crippen LogP) is 2.82. The molecule has 8 heteroatoms. The minimum atomic E-state index is -4.72. The van der Waals surface area contributed by atoms with Crippen LogP contribution in [0, 0.1) is 0 Å². The maximum atomic E-state index is 12.0. The van der Waals surface area contributed by atoms with E-state index in [9.17, 15) is 21.6 Å². The van der Waals surface area contributed by atoms with Crippen molar-refractivity contribution < 1.29 is 26.3 Å². The zero-order chi connectivity index (χ0) is 15.4. The van der Waals surface area contributed by atoms with Gasteiger partial charge in [0.1, 0.15) is 5.75 Å². The Kier molecular flexibility index (Phi) is 5.27. The highest BCUT2D eigenvalue weighted by Crippen LogP contribution is 2.24. The van der Waals surface area contributed by atoms with Crippen LogP contribution in [0.25, 0.3) is 0 Å². The number of ether oxygens (including phenoxy) is 1. The molecule has 0 heterocycles. The molecule has 0 amide bonds. The standard InChI is InChI=1S/C12H16F3NO3S/c1-3-20(17,18)8-9(2)16-10-4-6-11(7-5-10)19-12(13,14)15/h4-7,9,16H,3,8H2,1-2H3. The third-order valence-corrected chi connectivity index (χ3v) is 4.33. The summed E-state index contributed by atoms with van der Waals surface area (Å²) in [7, 11) is -3.11. The first-order valence-corrected chi connectivity index (χ1v) is 7.76. The van der Waals surface area contributed by atoms with Crippen molar-refractivity contribution in [3.63, 3.8) is 0 Å². The van der Waals surface area contributed by atoms with Crippen molar-refractivity contribution in [3.8, 4) is 5.75 Å². The lowest BCUT2D eigenvalue weighted by Gasteiger charge is -2.15. The number of hydrogen-bond acceptors (Lipinski definition) is 4. The molecule has 114 valence electrons. The zero-order valence-electron chi connectivity index (χ0n) is 11.1. The monoisotopic (exact) mass is 311 g/mol. The van der Waals surface area contributed by atoms with Gasteiger partial charge in [-0.1, -0.05) is 6.92 Å². The van der Waals surface area contributed by atoms with Crippen molar-refractivity contribution in [3.05, 3.63) is 24.3 Å². The minimum absolute atomic E-state index is 0.0374. The molecule has 0 spiro atoms. The maximum absolute atomic E-state index is 12.0. The molecular formula is C12H16F3NO3S. The molecule has 0 aliphatic rings. The Bertz CT molecular complexity index is 526. The summed E-state index contributed by atoms with van der Waals surface area (Å²) >= 11 is 0. The molecule has 0 saturated carbocycles. The number of hydrogen-bond donors (Lipinski definition) is 1. The van der Waals surface area contributed by atoms with Crippen LogP contribution in [0.3, 0.4) is 0 Å². The Morgan fingerprint density at radius 1 is 1.25 bits per heavy atom. The maximum Gasteiger partial charge on any atom is 0.573 e. The van der Waals surface area contributed by atoms with Gasteiger partial charge in [0.05, 0.1) is 5.75 Å². The van der Waals surface area contributed by atoms with Crippen LogP contribution < -0.4 is 10.1 Å². The van der Waals surface area contributed by atoms with E-state index in [1.165, 1.54) is 12.1 Å². The molecule has 1 rings (SSSR count). The van der Waals surface area contributed by atoms with E-state index in [1.54, 1.807) is 13.8 Å². The topological polar surface area (TPSA) is 55.4 Å². The van der Waals surface area contributed by atoms with Crippen LogP contribution in [-0.4, -0.2) is 32.3 Å².